The van der Waals surface area contributed by atoms with Crippen LogP contribution < -0.4 is 9.62 Å². The minimum Gasteiger partial charge on any atom is -0.322 e. The lowest BCUT2D eigenvalue weighted by Crippen LogP contribution is -2.26. The fraction of sp³-hybridized carbons (Fsp3) is 0.368. The number of carbonyl (C=O) groups is 1. The van der Waals surface area contributed by atoms with Crippen molar-refractivity contribution >= 4 is 50.6 Å². The molecule has 28 heavy (non-hydrogen) atoms. The maximum atomic E-state index is 12.8. The Morgan fingerprint density at radius 1 is 1.14 bits per heavy atom. The summed E-state index contributed by atoms with van der Waals surface area (Å²) in [5.74, 6) is 0.317. The first-order chi connectivity index (χ1) is 13.3. The van der Waals surface area contributed by atoms with Gasteiger partial charge in [0, 0.05) is 23.5 Å². The van der Waals surface area contributed by atoms with Gasteiger partial charge in [-0.3, -0.25) is 9.10 Å². The molecule has 2 aliphatic rings. The lowest BCUT2D eigenvalue weighted by Gasteiger charge is -2.26. The number of hydrogen-bond donors (Lipinski definition) is 1. The van der Waals surface area contributed by atoms with E-state index < -0.39 is 15.9 Å². The molecule has 4 rings (SSSR count). The first kappa shape index (κ1) is 19.5. The number of sulfonamides is 1. The van der Waals surface area contributed by atoms with Gasteiger partial charge in [0.1, 0.15) is 5.82 Å². The van der Waals surface area contributed by atoms with E-state index in [0.29, 0.717) is 29.6 Å². The molecular formula is C19H19Cl2N3O3S. The highest BCUT2D eigenvalue weighted by Gasteiger charge is 2.30. The Balaban J connectivity index is 1.60. The van der Waals surface area contributed by atoms with Crippen molar-refractivity contribution in [1.29, 1.82) is 0 Å². The van der Waals surface area contributed by atoms with Crippen molar-refractivity contribution in [2.75, 3.05) is 21.9 Å². The maximum absolute atomic E-state index is 12.8. The zero-order valence-corrected chi connectivity index (χ0v) is 17.3. The zero-order chi connectivity index (χ0) is 19.9. The van der Waals surface area contributed by atoms with E-state index in [4.69, 9.17) is 23.2 Å². The first-order valence-electron chi connectivity index (χ1n) is 9.11. The number of aromatic nitrogens is 1. The number of nitrogens with one attached hydrogen (secondary N) is 1. The normalized spacial score (nSPS) is 18.7. The Morgan fingerprint density at radius 3 is 2.57 bits per heavy atom. The van der Waals surface area contributed by atoms with Crippen LogP contribution in [-0.4, -0.2) is 31.6 Å². The third-order valence-corrected chi connectivity index (χ3v) is 7.56. The first-order valence-corrected chi connectivity index (χ1v) is 11.5. The molecule has 1 aromatic carbocycles. The molecule has 2 aromatic rings. The zero-order valence-electron chi connectivity index (χ0n) is 15.0. The Morgan fingerprint density at radius 2 is 1.93 bits per heavy atom. The van der Waals surface area contributed by atoms with Crippen molar-refractivity contribution in [1.82, 2.24) is 4.98 Å². The van der Waals surface area contributed by atoms with Gasteiger partial charge in [-0.25, -0.2) is 13.4 Å². The van der Waals surface area contributed by atoms with E-state index in [-0.39, 0.29) is 22.2 Å². The average molecular weight is 440 g/mol. The smallest absolute Gasteiger partial charge is 0.257 e. The molecule has 1 saturated carbocycles. The van der Waals surface area contributed by atoms with Crippen LogP contribution in [0.25, 0.3) is 0 Å². The molecule has 0 atom stereocenters. The molecule has 1 aromatic heterocycles. The van der Waals surface area contributed by atoms with E-state index in [1.54, 1.807) is 6.07 Å². The van der Waals surface area contributed by atoms with Gasteiger partial charge in [-0.05, 0) is 55.0 Å². The predicted octanol–water partition coefficient (Wildman–Crippen LogP) is 4.45. The van der Waals surface area contributed by atoms with Crippen molar-refractivity contribution in [3.05, 3.63) is 51.6 Å². The van der Waals surface area contributed by atoms with E-state index >= 15 is 0 Å². The van der Waals surface area contributed by atoms with E-state index in [1.807, 2.05) is 12.1 Å². The minimum absolute atomic E-state index is 0.0747. The molecule has 2 heterocycles. The molecule has 1 saturated heterocycles. The summed E-state index contributed by atoms with van der Waals surface area (Å²) in [7, 11) is -3.39. The predicted molar refractivity (Wildman–Crippen MR) is 111 cm³/mol. The third-order valence-electron chi connectivity index (χ3n) is 5.19. The minimum atomic E-state index is -3.39. The van der Waals surface area contributed by atoms with E-state index in [1.165, 1.54) is 23.0 Å². The number of anilines is 2. The summed E-state index contributed by atoms with van der Waals surface area (Å²) in [6.07, 6.45) is 5.28. The van der Waals surface area contributed by atoms with Crippen LogP contribution in [0.1, 0.15) is 47.5 Å². The van der Waals surface area contributed by atoms with Gasteiger partial charge in [0.25, 0.3) is 5.91 Å². The number of amides is 1. The fourth-order valence-corrected chi connectivity index (χ4v) is 5.43. The molecule has 1 N–H and O–H groups in total. The lowest BCUT2D eigenvalue weighted by atomic mass is 9.80. The SMILES string of the molecule is O=C(Nc1cc(Cl)cc(C2CCC2)c1)c1cc(N2CCCS2(=O)=O)ncc1Cl. The van der Waals surface area contributed by atoms with Gasteiger partial charge >= 0.3 is 0 Å². The van der Waals surface area contributed by atoms with Gasteiger partial charge in [-0.2, -0.15) is 0 Å². The Bertz CT molecular complexity index is 1040. The second-order valence-electron chi connectivity index (χ2n) is 7.12. The van der Waals surface area contributed by atoms with Crippen LogP contribution in [-0.2, 0) is 10.0 Å². The molecule has 6 nitrogen and oxygen atoms in total. The molecule has 148 valence electrons. The lowest BCUT2D eigenvalue weighted by molar-refractivity contribution is 0.102. The molecule has 0 bridgehead atoms. The van der Waals surface area contributed by atoms with E-state index in [0.717, 1.165) is 18.4 Å². The molecule has 2 fully saturated rings. The summed E-state index contributed by atoms with van der Waals surface area (Å²) in [6, 6.07) is 6.95. The largest absolute Gasteiger partial charge is 0.322 e. The second kappa shape index (κ2) is 7.54. The summed E-state index contributed by atoms with van der Waals surface area (Å²) in [6.45, 7) is 0.344. The molecule has 1 amide bonds. The van der Waals surface area contributed by atoms with Crippen molar-refractivity contribution in [2.45, 2.75) is 31.6 Å². The number of carbonyl (C=O) groups excluding carboxylic acids is 1. The van der Waals surface area contributed by atoms with E-state index in [2.05, 4.69) is 10.3 Å². The topological polar surface area (TPSA) is 79.4 Å². The van der Waals surface area contributed by atoms with Gasteiger partial charge in [0.2, 0.25) is 10.0 Å². The third kappa shape index (κ3) is 3.83. The van der Waals surface area contributed by atoms with Crippen LogP contribution in [0.2, 0.25) is 10.0 Å². The maximum Gasteiger partial charge on any atom is 0.257 e. The summed E-state index contributed by atoms with van der Waals surface area (Å²) in [5.41, 5.74) is 1.86. The van der Waals surface area contributed by atoms with E-state index in [9.17, 15) is 13.2 Å². The fourth-order valence-electron chi connectivity index (χ4n) is 3.50. The summed E-state index contributed by atoms with van der Waals surface area (Å²) in [4.78, 5) is 16.9. The summed E-state index contributed by atoms with van der Waals surface area (Å²) in [5, 5.41) is 3.53. The van der Waals surface area contributed by atoms with Crippen molar-refractivity contribution < 1.29 is 13.2 Å². The molecule has 0 spiro atoms. The van der Waals surface area contributed by atoms with Gasteiger partial charge in [-0.15, -0.1) is 0 Å². The molecule has 0 unspecified atom stereocenters. The Kier molecular flexibility index (Phi) is 5.24. The van der Waals surface area contributed by atoms with Crippen LogP contribution in [0.3, 0.4) is 0 Å². The van der Waals surface area contributed by atoms with Crippen molar-refractivity contribution in [3.8, 4) is 0 Å². The monoisotopic (exact) mass is 439 g/mol. The van der Waals surface area contributed by atoms with Crippen LogP contribution in [0, 0.1) is 0 Å². The Labute approximate surface area is 173 Å². The highest BCUT2D eigenvalue weighted by molar-refractivity contribution is 7.93. The molecule has 1 aliphatic heterocycles. The standard InChI is InChI=1S/C19H19Cl2N3O3S/c20-14-7-13(12-3-1-4-12)8-15(9-14)23-19(25)16-10-18(22-11-17(16)21)24-5-2-6-28(24,26)27/h7-12H,1-6H2,(H,23,25). The summed E-state index contributed by atoms with van der Waals surface area (Å²) >= 11 is 12.4. The highest BCUT2D eigenvalue weighted by atomic mass is 35.5. The van der Waals surface area contributed by atoms with Crippen LogP contribution in [0.15, 0.2) is 30.5 Å². The molecule has 9 heteroatoms. The number of hydrogen-bond acceptors (Lipinski definition) is 4. The molecule has 1 aliphatic carbocycles. The summed E-state index contributed by atoms with van der Waals surface area (Å²) < 4.78 is 25.5. The van der Waals surface area contributed by atoms with Gasteiger partial charge in [0.05, 0.1) is 16.3 Å². The average Bonchev–Trinajstić information content (AvgIpc) is 2.92. The van der Waals surface area contributed by atoms with Gasteiger partial charge in [0.15, 0.2) is 0 Å². The van der Waals surface area contributed by atoms with Gasteiger partial charge < -0.3 is 5.32 Å². The quantitative estimate of drug-likeness (QED) is 0.762. The molecule has 0 radical (unpaired) electrons. The second-order valence-corrected chi connectivity index (χ2v) is 9.98. The van der Waals surface area contributed by atoms with Crippen LogP contribution in [0.5, 0.6) is 0 Å². The van der Waals surface area contributed by atoms with Gasteiger partial charge in [-0.1, -0.05) is 29.6 Å². The van der Waals surface area contributed by atoms with Crippen LogP contribution in [0.4, 0.5) is 11.5 Å². The highest BCUT2D eigenvalue weighted by Crippen LogP contribution is 2.38. The number of benzene rings is 1. The number of pyridine rings is 1. The van der Waals surface area contributed by atoms with Crippen molar-refractivity contribution in [3.63, 3.8) is 0 Å². The van der Waals surface area contributed by atoms with Crippen LogP contribution >= 0.6 is 23.2 Å². The number of nitrogens with zero attached hydrogens (tertiary/aromatic N) is 2. The Hall–Kier alpha value is -1.83. The van der Waals surface area contributed by atoms with Crippen molar-refractivity contribution in [2.24, 2.45) is 0 Å². The molecular weight excluding hydrogens is 421 g/mol. The number of halogens is 2. The number of rotatable bonds is 4.